The quantitative estimate of drug-likeness (QED) is 0.933. The van der Waals surface area contributed by atoms with Crippen LogP contribution in [0.4, 0.5) is 8.78 Å². The first kappa shape index (κ1) is 14.0. The van der Waals surface area contributed by atoms with Crippen LogP contribution < -0.4 is 10.1 Å². The largest absolute Gasteiger partial charge is 0.497 e. The molecular weight excluding hydrogens is 264 g/mol. The van der Waals surface area contributed by atoms with Crippen molar-refractivity contribution in [3.63, 3.8) is 0 Å². The summed E-state index contributed by atoms with van der Waals surface area (Å²) in [5.74, 6) is -1.01. The molecule has 0 atom stereocenters. The maximum Gasteiger partial charge on any atom is 0.251 e. The average molecular weight is 277 g/mol. The van der Waals surface area contributed by atoms with Crippen molar-refractivity contribution in [3.8, 4) is 5.75 Å². The van der Waals surface area contributed by atoms with Crippen molar-refractivity contribution >= 4 is 5.91 Å². The lowest BCUT2D eigenvalue weighted by molar-refractivity contribution is 0.0950. The molecule has 0 heterocycles. The summed E-state index contributed by atoms with van der Waals surface area (Å²) in [5, 5.41) is 2.59. The van der Waals surface area contributed by atoms with Crippen LogP contribution in [0.3, 0.4) is 0 Å². The van der Waals surface area contributed by atoms with Crippen molar-refractivity contribution in [1.82, 2.24) is 5.32 Å². The fraction of sp³-hybridized carbons (Fsp3) is 0.133. The normalized spacial score (nSPS) is 10.2. The molecule has 2 aromatic rings. The highest BCUT2D eigenvalue weighted by Crippen LogP contribution is 2.12. The smallest absolute Gasteiger partial charge is 0.251 e. The molecule has 2 rings (SSSR count). The Hall–Kier alpha value is -2.43. The molecular formula is C15H13F2NO2. The number of hydrogen-bond acceptors (Lipinski definition) is 2. The summed E-state index contributed by atoms with van der Waals surface area (Å²) in [4.78, 5) is 11.8. The average Bonchev–Trinajstić information content (AvgIpc) is 2.44. The Balaban J connectivity index is 2.00. The predicted molar refractivity (Wildman–Crippen MR) is 70.5 cm³/mol. The van der Waals surface area contributed by atoms with Gasteiger partial charge in [-0.3, -0.25) is 4.79 Å². The van der Waals surface area contributed by atoms with E-state index in [0.29, 0.717) is 16.9 Å². The molecule has 1 amide bonds. The molecule has 0 radical (unpaired) electrons. The van der Waals surface area contributed by atoms with Gasteiger partial charge in [-0.15, -0.1) is 0 Å². The van der Waals surface area contributed by atoms with Gasteiger partial charge in [0.1, 0.15) is 17.4 Å². The van der Waals surface area contributed by atoms with Gasteiger partial charge in [0.05, 0.1) is 7.11 Å². The van der Waals surface area contributed by atoms with Crippen LogP contribution in [0.15, 0.2) is 42.5 Å². The molecule has 1 N–H and O–H groups in total. The van der Waals surface area contributed by atoms with E-state index in [0.717, 1.165) is 6.07 Å². The van der Waals surface area contributed by atoms with Crippen LogP contribution in [0.2, 0.25) is 0 Å². The first-order valence-corrected chi connectivity index (χ1v) is 5.95. The van der Waals surface area contributed by atoms with Crippen LogP contribution in [0, 0.1) is 11.6 Å². The Morgan fingerprint density at radius 3 is 2.25 bits per heavy atom. The van der Waals surface area contributed by atoms with Crippen LogP contribution in [-0.2, 0) is 6.54 Å². The van der Waals surface area contributed by atoms with Crippen LogP contribution in [-0.4, -0.2) is 13.0 Å². The molecule has 3 nitrogen and oxygen atoms in total. The number of ether oxygens (including phenoxy) is 1. The molecule has 0 aliphatic carbocycles. The topological polar surface area (TPSA) is 38.3 Å². The van der Waals surface area contributed by atoms with Gasteiger partial charge in [-0.1, -0.05) is 0 Å². The first-order valence-electron chi connectivity index (χ1n) is 5.95. The van der Waals surface area contributed by atoms with Gasteiger partial charge in [0.15, 0.2) is 0 Å². The lowest BCUT2D eigenvalue weighted by Gasteiger charge is -2.06. The van der Waals surface area contributed by atoms with Gasteiger partial charge in [0.2, 0.25) is 0 Å². The summed E-state index contributed by atoms with van der Waals surface area (Å²) in [6.45, 7) is 0.0551. The zero-order chi connectivity index (χ0) is 14.5. The van der Waals surface area contributed by atoms with Crippen LogP contribution in [0.1, 0.15) is 15.9 Å². The Morgan fingerprint density at radius 2 is 1.70 bits per heavy atom. The van der Waals surface area contributed by atoms with Gasteiger partial charge >= 0.3 is 0 Å². The zero-order valence-corrected chi connectivity index (χ0v) is 10.8. The lowest BCUT2D eigenvalue weighted by atomic mass is 10.2. The van der Waals surface area contributed by atoms with E-state index in [2.05, 4.69) is 5.32 Å². The minimum atomic E-state index is -0.668. The molecule has 0 aliphatic heterocycles. The number of hydrogen-bond donors (Lipinski definition) is 1. The number of carbonyl (C=O) groups is 1. The second-order valence-corrected chi connectivity index (χ2v) is 4.19. The number of amides is 1. The number of rotatable bonds is 4. The van der Waals surface area contributed by atoms with E-state index in [1.165, 1.54) is 19.2 Å². The predicted octanol–water partition coefficient (Wildman–Crippen LogP) is 2.90. The van der Waals surface area contributed by atoms with Crippen molar-refractivity contribution in [2.75, 3.05) is 7.11 Å². The summed E-state index contributed by atoms with van der Waals surface area (Å²) >= 11 is 0. The van der Waals surface area contributed by atoms with Gasteiger partial charge in [-0.25, -0.2) is 8.78 Å². The monoisotopic (exact) mass is 277 g/mol. The lowest BCUT2D eigenvalue weighted by Crippen LogP contribution is -2.22. The minimum absolute atomic E-state index is 0.0551. The highest BCUT2D eigenvalue weighted by atomic mass is 19.1. The van der Waals surface area contributed by atoms with Gasteiger partial charge < -0.3 is 10.1 Å². The van der Waals surface area contributed by atoms with Gasteiger partial charge in [-0.2, -0.15) is 0 Å². The zero-order valence-electron chi connectivity index (χ0n) is 10.8. The van der Waals surface area contributed by atoms with E-state index < -0.39 is 11.6 Å². The van der Waals surface area contributed by atoms with E-state index in [1.807, 2.05) is 0 Å². The van der Waals surface area contributed by atoms with Gasteiger partial charge in [-0.05, 0) is 42.0 Å². The van der Waals surface area contributed by atoms with Gasteiger partial charge in [0.25, 0.3) is 5.91 Å². The molecule has 0 unspecified atom stereocenters. The Kier molecular flexibility index (Phi) is 4.30. The maximum atomic E-state index is 13.0. The summed E-state index contributed by atoms with van der Waals surface area (Å²) < 4.78 is 31.0. The molecule has 0 fully saturated rings. The third kappa shape index (κ3) is 3.54. The van der Waals surface area contributed by atoms with E-state index >= 15 is 0 Å². The third-order valence-electron chi connectivity index (χ3n) is 2.73. The van der Waals surface area contributed by atoms with Crippen LogP contribution in [0.25, 0.3) is 0 Å². The molecule has 0 spiro atoms. The van der Waals surface area contributed by atoms with Gasteiger partial charge in [0, 0.05) is 18.2 Å². The number of halogens is 2. The van der Waals surface area contributed by atoms with E-state index in [4.69, 9.17) is 4.74 Å². The highest BCUT2D eigenvalue weighted by Gasteiger charge is 2.06. The van der Waals surface area contributed by atoms with Crippen molar-refractivity contribution in [3.05, 3.63) is 65.2 Å². The standard InChI is InChI=1S/C15H13F2NO2/c1-20-14-4-2-11(3-5-14)15(19)18-9-10-6-12(16)8-13(17)7-10/h2-8H,9H2,1H3,(H,18,19). The highest BCUT2D eigenvalue weighted by molar-refractivity contribution is 5.94. The van der Waals surface area contributed by atoms with E-state index in [1.54, 1.807) is 24.3 Å². The van der Waals surface area contributed by atoms with Crippen molar-refractivity contribution in [2.24, 2.45) is 0 Å². The summed E-state index contributed by atoms with van der Waals surface area (Å²) in [6.07, 6.45) is 0. The Morgan fingerprint density at radius 1 is 1.10 bits per heavy atom. The fourth-order valence-corrected chi connectivity index (χ4v) is 1.74. The fourth-order valence-electron chi connectivity index (χ4n) is 1.74. The van der Waals surface area contributed by atoms with Crippen molar-refractivity contribution in [2.45, 2.75) is 6.54 Å². The molecule has 104 valence electrons. The molecule has 0 aromatic heterocycles. The Bertz CT molecular complexity index is 592. The van der Waals surface area contributed by atoms with E-state index in [9.17, 15) is 13.6 Å². The first-order chi connectivity index (χ1) is 9.58. The maximum absolute atomic E-state index is 13.0. The summed E-state index contributed by atoms with van der Waals surface area (Å²) in [5.41, 5.74) is 0.812. The Labute approximate surface area is 115 Å². The number of carbonyl (C=O) groups excluding carboxylic acids is 1. The van der Waals surface area contributed by atoms with Crippen molar-refractivity contribution < 1.29 is 18.3 Å². The number of nitrogens with one attached hydrogen (secondary N) is 1. The molecule has 5 heteroatoms. The molecule has 20 heavy (non-hydrogen) atoms. The second-order valence-electron chi connectivity index (χ2n) is 4.19. The minimum Gasteiger partial charge on any atom is -0.497 e. The molecule has 0 aliphatic rings. The van der Waals surface area contributed by atoms with Crippen LogP contribution >= 0.6 is 0 Å². The molecule has 0 bridgehead atoms. The molecule has 2 aromatic carbocycles. The van der Waals surface area contributed by atoms with Crippen molar-refractivity contribution in [1.29, 1.82) is 0 Å². The third-order valence-corrected chi connectivity index (χ3v) is 2.73. The summed E-state index contributed by atoms with van der Waals surface area (Å²) in [6, 6.07) is 9.69. The second kappa shape index (κ2) is 6.14. The summed E-state index contributed by atoms with van der Waals surface area (Å²) in [7, 11) is 1.54. The van der Waals surface area contributed by atoms with Crippen LogP contribution in [0.5, 0.6) is 5.75 Å². The van der Waals surface area contributed by atoms with E-state index in [-0.39, 0.29) is 12.5 Å². The molecule has 0 saturated heterocycles. The SMILES string of the molecule is COc1ccc(C(=O)NCc2cc(F)cc(F)c2)cc1. The number of methoxy groups -OCH3 is 1. The molecule has 0 saturated carbocycles. The number of benzene rings is 2.